The molecule has 2 aromatic rings. The van der Waals surface area contributed by atoms with Crippen molar-refractivity contribution in [2.24, 2.45) is 5.92 Å². The molecule has 1 atom stereocenters. The average molecular weight is 365 g/mol. The lowest BCUT2D eigenvalue weighted by atomic mass is 9.90. The molecule has 3 heterocycles. The molecule has 130 valence electrons. The van der Waals surface area contributed by atoms with E-state index in [-0.39, 0.29) is 12.0 Å². The first-order chi connectivity index (χ1) is 11.7. The fourth-order valence-corrected chi connectivity index (χ4v) is 4.58. The second-order valence-electron chi connectivity index (χ2n) is 6.25. The third-order valence-corrected chi connectivity index (χ3v) is 6.43. The molecule has 0 radical (unpaired) electrons. The number of carbonyl (C=O) groups is 1. The van der Waals surface area contributed by atoms with E-state index in [1.165, 1.54) is 4.88 Å². The van der Waals surface area contributed by atoms with Gasteiger partial charge in [0.2, 0.25) is 5.91 Å². The highest BCUT2D eigenvalue weighted by Crippen LogP contribution is 2.32. The Morgan fingerprint density at radius 2 is 2.00 bits per heavy atom. The van der Waals surface area contributed by atoms with Crippen LogP contribution in [0.3, 0.4) is 0 Å². The van der Waals surface area contributed by atoms with Gasteiger partial charge in [0.15, 0.2) is 0 Å². The molecule has 0 spiro atoms. The second-order valence-corrected chi connectivity index (χ2v) is 8.26. The van der Waals surface area contributed by atoms with Crippen LogP contribution in [0.2, 0.25) is 0 Å². The van der Waals surface area contributed by atoms with Crippen LogP contribution in [0.5, 0.6) is 0 Å². The van der Waals surface area contributed by atoms with Crippen LogP contribution in [0.1, 0.15) is 35.1 Å². The van der Waals surface area contributed by atoms with Gasteiger partial charge in [-0.2, -0.15) is 0 Å². The summed E-state index contributed by atoms with van der Waals surface area (Å²) < 4.78 is 0. The zero-order chi connectivity index (χ0) is 16.8. The summed E-state index contributed by atoms with van der Waals surface area (Å²) in [6, 6.07) is 8.04. The maximum absolute atomic E-state index is 11.9. The van der Waals surface area contributed by atoms with Crippen molar-refractivity contribution < 1.29 is 9.90 Å². The van der Waals surface area contributed by atoms with Crippen LogP contribution >= 0.6 is 22.7 Å². The lowest BCUT2D eigenvalue weighted by Gasteiger charge is -2.33. The quantitative estimate of drug-likeness (QED) is 0.793. The van der Waals surface area contributed by atoms with Gasteiger partial charge in [0.05, 0.1) is 12.6 Å². The number of hydrogen-bond acceptors (Lipinski definition) is 5. The van der Waals surface area contributed by atoms with Gasteiger partial charge in [0.25, 0.3) is 0 Å². The Hall–Kier alpha value is -1.21. The Morgan fingerprint density at radius 3 is 2.67 bits per heavy atom. The zero-order valence-corrected chi connectivity index (χ0v) is 15.3. The van der Waals surface area contributed by atoms with Crippen LogP contribution in [0, 0.1) is 5.92 Å². The van der Waals surface area contributed by atoms with E-state index in [0.717, 1.165) is 37.4 Å². The van der Waals surface area contributed by atoms with E-state index < -0.39 is 0 Å². The number of nitrogens with zero attached hydrogens (tertiary/aromatic N) is 1. The van der Waals surface area contributed by atoms with Crippen molar-refractivity contribution in [1.82, 2.24) is 10.2 Å². The number of nitrogens with one attached hydrogen (secondary N) is 1. The van der Waals surface area contributed by atoms with E-state index >= 15 is 0 Å². The second kappa shape index (κ2) is 8.76. The monoisotopic (exact) mass is 364 g/mol. The highest BCUT2D eigenvalue weighted by atomic mass is 32.1. The maximum Gasteiger partial charge on any atom is 0.221 e. The average Bonchev–Trinajstić information content (AvgIpc) is 3.31. The van der Waals surface area contributed by atoms with E-state index in [4.69, 9.17) is 0 Å². The van der Waals surface area contributed by atoms with Gasteiger partial charge >= 0.3 is 0 Å². The Balaban J connectivity index is 1.34. The fraction of sp³-hybridized carbons (Fsp3) is 0.500. The largest absolute Gasteiger partial charge is 0.387 e. The summed E-state index contributed by atoms with van der Waals surface area (Å²) >= 11 is 3.29. The SMILES string of the molecule is O=C(CCN1CCC(C(O)c2cccs2)CC1)NCc1cccs1. The summed E-state index contributed by atoms with van der Waals surface area (Å²) in [7, 11) is 0. The highest BCUT2D eigenvalue weighted by molar-refractivity contribution is 7.10. The molecular weight excluding hydrogens is 340 g/mol. The minimum absolute atomic E-state index is 0.115. The van der Waals surface area contributed by atoms with Crippen LogP contribution in [0.4, 0.5) is 0 Å². The lowest BCUT2D eigenvalue weighted by Crippen LogP contribution is -2.38. The van der Waals surface area contributed by atoms with E-state index in [0.29, 0.717) is 18.9 Å². The molecule has 1 fully saturated rings. The summed E-state index contributed by atoms with van der Waals surface area (Å²) in [6.07, 6.45) is 2.20. The number of likely N-dealkylation sites (tertiary alicyclic amines) is 1. The summed E-state index contributed by atoms with van der Waals surface area (Å²) in [5.74, 6) is 0.455. The fourth-order valence-electron chi connectivity index (χ4n) is 3.13. The maximum atomic E-state index is 11.9. The molecule has 0 aromatic carbocycles. The normalized spacial score (nSPS) is 17.7. The van der Waals surface area contributed by atoms with Gasteiger partial charge in [0, 0.05) is 22.7 Å². The molecular formula is C18H24N2O2S2. The molecule has 0 saturated carbocycles. The van der Waals surface area contributed by atoms with Crippen molar-refractivity contribution in [2.45, 2.75) is 31.9 Å². The van der Waals surface area contributed by atoms with Gasteiger partial charge in [-0.1, -0.05) is 12.1 Å². The van der Waals surface area contributed by atoms with Crippen LogP contribution < -0.4 is 5.32 Å². The van der Waals surface area contributed by atoms with Crippen molar-refractivity contribution in [1.29, 1.82) is 0 Å². The molecule has 3 rings (SSSR count). The first-order valence-corrected chi connectivity index (χ1v) is 10.2. The number of amides is 1. The molecule has 24 heavy (non-hydrogen) atoms. The number of rotatable bonds is 7. The number of carbonyl (C=O) groups excluding carboxylic acids is 1. The Kier molecular flexibility index (Phi) is 6.43. The first kappa shape index (κ1) is 17.6. The number of piperidine rings is 1. The molecule has 1 saturated heterocycles. The van der Waals surface area contributed by atoms with Crippen molar-refractivity contribution in [3.8, 4) is 0 Å². The third-order valence-electron chi connectivity index (χ3n) is 4.61. The molecule has 0 aliphatic carbocycles. The highest BCUT2D eigenvalue weighted by Gasteiger charge is 2.26. The van der Waals surface area contributed by atoms with Gasteiger partial charge in [-0.05, 0) is 54.7 Å². The molecule has 6 heteroatoms. The minimum atomic E-state index is -0.332. The van der Waals surface area contributed by atoms with Crippen LogP contribution in [-0.2, 0) is 11.3 Å². The number of aliphatic hydroxyl groups excluding tert-OH is 1. The first-order valence-electron chi connectivity index (χ1n) is 8.45. The summed E-state index contributed by atoms with van der Waals surface area (Å²) in [5.41, 5.74) is 0. The summed E-state index contributed by atoms with van der Waals surface area (Å²) in [6.45, 7) is 3.36. The standard InChI is InChI=1S/C18H24N2O2S2/c21-17(19-13-15-3-1-11-23-15)7-10-20-8-5-14(6-9-20)18(22)16-4-2-12-24-16/h1-4,11-12,14,18,22H,5-10,13H2,(H,19,21). The molecule has 4 nitrogen and oxygen atoms in total. The number of hydrogen-bond donors (Lipinski definition) is 2. The third kappa shape index (κ3) is 4.89. The molecule has 2 N–H and O–H groups in total. The predicted molar refractivity (Wildman–Crippen MR) is 99.2 cm³/mol. The lowest BCUT2D eigenvalue weighted by molar-refractivity contribution is -0.121. The summed E-state index contributed by atoms with van der Waals surface area (Å²) in [4.78, 5) is 16.5. The van der Waals surface area contributed by atoms with Gasteiger partial charge in [-0.25, -0.2) is 0 Å². The van der Waals surface area contributed by atoms with Gasteiger partial charge < -0.3 is 15.3 Å². The topological polar surface area (TPSA) is 52.6 Å². The Labute approximate surface area is 151 Å². The molecule has 2 aromatic heterocycles. The van der Waals surface area contributed by atoms with E-state index in [1.54, 1.807) is 22.7 Å². The molecule has 1 aliphatic rings. The van der Waals surface area contributed by atoms with Crippen LogP contribution in [-0.4, -0.2) is 35.5 Å². The van der Waals surface area contributed by atoms with Crippen molar-refractivity contribution in [2.75, 3.05) is 19.6 Å². The van der Waals surface area contributed by atoms with Gasteiger partial charge in [0.1, 0.15) is 0 Å². The van der Waals surface area contributed by atoms with Crippen LogP contribution in [0.25, 0.3) is 0 Å². The van der Waals surface area contributed by atoms with Crippen LogP contribution in [0.15, 0.2) is 35.0 Å². The molecule has 0 bridgehead atoms. The molecule has 1 aliphatic heterocycles. The predicted octanol–water partition coefficient (Wildman–Crippen LogP) is 3.26. The number of aliphatic hydroxyl groups is 1. The van der Waals surface area contributed by atoms with E-state index in [1.807, 2.05) is 35.0 Å². The van der Waals surface area contributed by atoms with Gasteiger partial charge in [-0.15, -0.1) is 22.7 Å². The Bertz CT molecular complexity index is 605. The Morgan fingerprint density at radius 1 is 1.25 bits per heavy atom. The minimum Gasteiger partial charge on any atom is -0.387 e. The smallest absolute Gasteiger partial charge is 0.221 e. The summed E-state index contributed by atoms with van der Waals surface area (Å²) in [5, 5.41) is 17.4. The van der Waals surface area contributed by atoms with Crippen molar-refractivity contribution in [3.05, 3.63) is 44.8 Å². The van der Waals surface area contributed by atoms with Crippen molar-refractivity contribution in [3.63, 3.8) is 0 Å². The van der Waals surface area contributed by atoms with Gasteiger partial charge in [-0.3, -0.25) is 4.79 Å². The van der Waals surface area contributed by atoms with E-state index in [9.17, 15) is 9.90 Å². The van der Waals surface area contributed by atoms with E-state index in [2.05, 4.69) is 10.2 Å². The zero-order valence-electron chi connectivity index (χ0n) is 13.7. The molecule has 1 unspecified atom stereocenters. The molecule has 1 amide bonds. The van der Waals surface area contributed by atoms with Crippen molar-refractivity contribution >= 4 is 28.6 Å². The number of thiophene rings is 2.